The molecule has 23 heavy (non-hydrogen) atoms. The van der Waals surface area contributed by atoms with Crippen molar-refractivity contribution in [1.82, 2.24) is 4.90 Å². The van der Waals surface area contributed by atoms with Crippen LogP contribution in [-0.4, -0.2) is 28.5 Å². The van der Waals surface area contributed by atoms with Gasteiger partial charge in [0.2, 0.25) is 5.91 Å². The Balaban J connectivity index is 1.65. The monoisotopic (exact) mass is 310 g/mol. The quantitative estimate of drug-likeness (QED) is 0.893. The maximum atomic E-state index is 12.6. The molecule has 1 saturated heterocycles. The van der Waals surface area contributed by atoms with E-state index in [2.05, 4.69) is 22.3 Å². The first-order chi connectivity index (χ1) is 11.3. The number of benzene rings is 2. The van der Waals surface area contributed by atoms with Crippen molar-refractivity contribution in [2.24, 2.45) is 0 Å². The lowest BCUT2D eigenvalue weighted by molar-refractivity contribution is -0.120. The van der Waals surface area contributed by atoms with Gasteiger partial charge in [-0.25, -0.2) is 0 Å². The summed E-state index contributed by atoms with van der Waals surface area (Å²) in [6.45, 7) is 1.73. The summed E-state index contributed by atoms with van der Waals surface area (Å²) in [5.74, 6) is 0.0357. The van der Waals surface area contributed by atoms with E-state index in [4.69, 9.17) is 0 Å². The highest BCUT2D eigenvalue weighted by Gasteiger charge is 2.30. The molecule has 1 amide bonds. The highest BCUT2D eigenvalue weighted by molar-refractivity contribution is 5.95. The smallest absolute Gasteiger partial charge is 0.241 e. The van der Waals surface area contributed by atoms with E-state index in [0.717, 1.165) is 37.2 Å². The summed E-state index contributed by atoms with van der Waals surface area (Å²) in [4.78, 5) is 14.8. The number of hydrogen-bond acceptors (Lipinski definition) is 3. The minimum atomic E-state index is -0.0898. The predicted molar refractivity (Wildman–Crippen MR) is 90.9 cm³/mol. The van der Waals surface area contributed by atoms with Gasteiger partial charge in [0.1, 0.15) is 0 Å². The summed E-state index contributed by atoms with van der Waals surface area (Å²) in [5, 5.41) is 12.2. The first kappa shape index (κ1) is 15.7. The first-order valence-corrected chi connectivity index (χ1v) is 8.05. The van der Waals surface area contributed by atoms with Gasteiger partial charge in [0.15, 0.2) is 0 Å². The number of amides is 1. The van der Waals surface area contributed by atoms with Gasteiger partial charge in [0.05, 0.1) is 12.6 Å². The van der Waals surface area contributed by atoms with E-state index >= 15 is 0 Å². The molecule has 4 heteroatoms. The van der Waals surface area contributed by atoms with E-state index in [1.165, 1.54) is 5.56 Å². The maximum Gasteiger partial charge on any atom is 0.241 e. The van der Waals surface area contributed by atoms with Gasteiger partial charge in [0.25, 0.3) is 0 Å². The molecule has 0 spiro atoms. The zero-order valence-corrected chi connectivity index (χ0v) is 13.1. The fourth-order valence-electron chi connectivity index (χ4n) is 3.10. The Hall–Kier alpha value is -2.17. The van der Waals surface area contributed by atoms with E-state index in [9.17, 15) is 9.90 Å². The van der Waals surface area contributed by atoms with Crippen LogP contribution in [0.4, 0.5) is 5.69 Å². The second kappa shape index (κ2) is 7.40. The van der Waals surface area contributed by atoms with Gasteiger partial charge in [0, 0.05) is 12.2 Å². The number of aliphatic hydroxyl groups excluding tert-OH is 1. The van der Waals surface area contributed by atoms with Crippen molar-refractivity contribution in [3.8, 4) is 0 Å². The van der Waals surface area contributed by atoms with Gasteiger partial charge in [-0.3, -0.25) is 9.69 Å². The number of carbonyl (C=O) groups excluding carboxylic acids is 1. The predicted octanol–water partition coefficient (Wildman–Crippen LogP) is 2.78. The number of nitrogens with zero attached hydrogens (tertiary/aromatic N) is 1. The van der Waals surface area contributed by atoms with Crippen molar-refractivity contribution < 1.29 is 9.90 Å². The van der Waals surface area contributed by atoms with E-state index in [0.29, 0.717) is 0 Å². The van der Waals surface area contributed by atoms with Crippen molar-refractivity contribution in [3.63, 3.8) is 0 Å². The van der Waals surface area contributed by atoms with Crippen LogP contribution in [0.2, 0.25) is 0 Å². The molecule has 2 aromatic carbocycles. The van der Waals surface area contributed by atoms with Crippen molar-refractivity contribution in [2.45, 2.75) is 32.0 Å². The lowest BCUT2D eigenvalue weighted by Crippen LogP contribution is -2.39. The van der Waals surface area contributed by atoms with E-state index in [-0.39, 0.29) is 18.6 Å². The van der Waals surface area contributed by atoms with Gasteiger partial charge in [-0.05, 0) is 42.6 Å². The molecule has 0 radical (unpaired) electrons. The molecular formula is C19H22N2O2. The van der Waals surface area contributed by atoms with Gasteiger partial charge in [-0.1, -0.05) is 42.5 Å². The molecule has 0 saturated carbocycles. The lowest BCUT2D eigenvalue weighted by atomic mass is 10.1. The van der Waals surface area contributed by atoms with Gasteiger partial charge >= 0.3 is 0 Å². The topological polar surface area (TPSA) is 52.6 Å². The third kappa shape index (κ3) is 3.97. The molecule has 1 aliphatic rings. The Morgan fingerprint density at radius 2 is 1.91 bits per heavy atom. The van der Waals surface area contributed by atoms with Crippen LogP contribution in [0.15, 0.2) is 54.6 Å². The SMILES string of the molecule is O=C(Nc1cccc(CO)c1)C1CCCN1Cc1ccccc1. The van der Waals surface area contributed by atoms with Crippen LogP contribution in [0, 0.1) is 0 Å². The third-order valence-corrected chi connectivity index (χ3v) is 4.27. The minimum Gasteiger partial charge on any atom is -0.392 e. The summed E-state index contributed by atoms with van der Waals surface area (Å²) in [6.07, 6.45) is 1.93. The zero-order chi connectivity index (χ0) is 16.1. The number of hydrogen-bond donors (Lipinski definition) is 2. The summed E-state index contributed by atoms with van der Waals surface area (Å²) in [6, 6.07) is 17.5. The summed E-state index contributed by atoms with van der Waals surface area (Å²) in [5.41, 5.74) is 2.78. The Morgan fingerprint density at radius 3 is 2.70 bits per heavy atom. The first-order valence-electron chi connectivity index (χ1n) is 8.05. The lowest BCUT2D eigenvalue weighted by Gasteiger charge is -2.23. The van der Waals surface area contributed by atoms with Crippen LogP contribution in [0.25, 0.3) is 0 Å². The van der Waals surface area contributed by atoms with Crippen LogP contribution in [0.5, 0.6) is 0 Å². The Labute approximate surface area is 136 Å². The van der Waals surface area contributed by atoms with Crippen molar-refractivity contribution in [3.05, 3.63) is 65.7 Å². The Bertz CT molecular complexity index is 657. The fourth-order valence-corrected chi connectivity index (χ4v) is 3.10. The molecule has 1 fully saturated rings. The molecule has 2 aromatic rings. The standard InChI is InChI=1S/C19H22N2O2/c22-14-16-8-4-9-17(12-16)20-19(23)18-10-5-11-21(18)13-15-6-2-1-3-7-15/h1-4,6-9,12,18,22H,5,10-11,13-14H2,(H,20,23). The molecule has 1 aliphatic heterocycles. The van der Waals surface area contributed by atoms with Crippen LogP contribution in [0.1, 0.15) is 24.0 Å². The molecule has 0 aromatic heterocycles. The van der Waals surface area contributed by atoms with Gasteiger partial charge < -0.3 is 10.4 Å². The Morgan fingerprint density at radius 1 is 1.13 bits per heavy atom. The highest BCUT2D eigenvalue weighted by atomic mass is 16.3. The Kier molecular flexibility index (Phi) is 5.05. The number of likely N-dealkylation sites (tertiary alicyclic amines) is 1. The molecule has 1 heterocycles. The van der Waals surface area contributed by atoms with E-state index < -0.39 is 0 Å². The van der Waals surface area contributed by atoms with Crippen LogP contribution in [0.3, 0.4) is 0 Å². The van der Waals surface area contributed by atoms with E-state index in [1.54, 1.807) is 0 Å². The van der Waals surface area contributed by atoms with Crippen molar-refractivity contribution in [2.75, 3.05) is 11.9 Å². The number of nitrogens with one attached hydrogen (secondary N) is 1. The van der Waals surface area contributed by atoms with Crippen LogP contribution < -0.4 is 5.32 Å². The average Bonchev–Trinajstić information content (AvgIpc) is 3.04. The molecule has 0 aliphatic carbocycles. The molecule has 4 nitrogen and oxygen atoms in total. The summed E-state index contributed by atoms with van der Waals surface area (Å²) >= 11 is 0. The van der Waals surface area contributed by atoms with Crippen molar-refractivity contribution >= 4 is 11.6 Å². The molecule has 2 N–H and O–H groups in total. The van der Waals surface area contributed by atoms with E-state index in [1.807, 2.05) is 42.5 Å². The zero-order valence-electron chi connectivity index (χ0n) is 13.1. The molecule has 1 atom stereocenters. The van der Waals surface area contributed by atoms with Crippen molar-refractivity contribution in [1.29, 1.82) is 0 Å². The molecule has 3 rings (SSSR count). The number of rotatable bonds is 5. The fraction of sp³-hybridized carbons (Fsp3) is 0.316. The molecule has 0 bridgehead atoms. The van der Waals surface area contributed by atoms with Gasteiger partial charge in [-0.2, -0.15) is 0 Å². The largest absolute Gasteiger partial charge is 0.392 e. The summed E-state index contributed by atoms with van der Waals surface area (Å²) < 4.78 is 0. The van der Waals surface area contributed by atoms with Crippen LogP contribution in [-0.2, 0) is 17.9 Å². The van der Waals surface area contributed by atoms with Gasteiger partial charge in [-0.15, -0.1) is 0 Å². The average molecular weight is 310 g/mol. The highest BCUT2D eigenvalue weighted by Crippen LogP contribution is 2.22. The number of aliphatic hydroxyl groups is 1. The minimum absolute atomic E-state index is 0.0206. The number of carbonyl (C=O) groups is 1. The molecule has 1 unspecified atom stereocenters. The normalized spacial score (nSPS) is 18.0. The second-order valence-electron chi connectivity index (χ2n) is 5.96. The molecular weight excluding hydrogens is 288 g/mol. The second-order valence-corrected chi connectivity index (χ2v) is 5.96. The maximum absolute atomic E-state index is 12.6. The third-order valence-electron chi connectivity index (χ3n) is 4.27. The summed E-state index contributed by atoms with van der Waals surface area (Å²) in [7, 11) is 0. The van der Waals surface area contributed by atoms with Crippen LogP contribution >= 0.6 is 0 Å². The molecule has 120 valence electrons. The number of anilines is 1.